The molecule has 8 rings (SSSR count). The lowest BCUT2D eigenvalue weighted by molar-refractivity contribution is -0.121. The SMILES string of the molecule is CC1=C[C@@H]2N(c3ccccc31)[C@H](C(=O)c1ccccc1Cl)[C@H](C(=O)c1ccc3c(c1)OCO3)[C@]21C(=O)Nc2ccccc21. The summed E-state index contributed by atoms with van der Waals surface area (Å²) >= 11 is 6.62. The van der Waals surface area contributed by atoms with E-state index in [0.29, 0.717) is 33.9 Å². The van der Waals surface area contributed by atoms with Gasteiger partial charge in [-0.3, -0.25) is 14.4 Å². The summed E-state index contributed by atoms with van der Waals surface area (Å²) in [6.07, 6.45) is 2.03. The summed E-state index contributed by atoms with van der Waals surface area (Å²) in [4.78, 5) is 46.4. The predicted molar refractivity (Wildman–Crippen MR) is 163 cm³/mol. The minimum absolute atomic E-state index is 0.0560. The molecule has 0 aliphatic carbocycles. The van der Waals surface area contributed by atoms with Crippen LogP contribution in [0.3, 0.4) is 0 Å². The quantitative estimate of drug-likeness (QED) is 0.281. The van der Waals surface area contributed by atoms with Gasteiger partial charge in [0.15, 0.2) is 23.1 Å². The van der Waals surface area contributed by atoms with Gasteiger partial charge >= 0.3 is 0 Å². The van der Waals surface area contributed by atoms with Crippen molar-refractivity contribution in [3.63, 3.8) is 0 Å². The first-order chi connectivity index (χ1) is 20.9. The summed E-state index contributed by atoms with van der Waals surface area (Å²) in [5.74, 6) is -1.11. The van der Waals surface area contributed by atoms with E-state index in [0.717, 1.165) is 16.8 Å². The van der Waals surface area contributed by atoms with Crippen molar-refractivity contribution in [2.45, 2.75) is 24.4 Å². The van der Waals surface area contributed by atoms with E-state index >= 15 is 4.79 Å². The number of nitrogens with one attached hydrogen (secondary N) is 1. The molecule has 0 aromatic heterocycles. The lowest BCUT2D eigenvalue weighted by atomic mass is 9.64. The van der Waals surface area contributed by atoms with Crippen molar-refractivity contribution >= 4 is 46.0 Å². The molecule has 0 unspecified atom stereocenters. The Kier molecular flexibility index (Phi) is 5.59. The van der Waals surface area contributed by atoms with Crippen molar-refractivity contribution in [1.82, 2.24) is 0 Å². The second-order valence-corrected chi connectivity index (χ2v) is 11.7. The van der Waals surface area contributed by atoms with Crippen LogP contribution in [0.4, 0.5) is 11.4 Å². The Balaban J connectivity index is 1.44. The molecular formula is C35H25ClN2O5. The molecular weight excluding hydrogens is 564 g/mol. The van der Waals surface area contributed by atoms with Gasteiger partial charge in [0.05, 0.1) is 17.0 Å². The Morgan fingerprint density at radius 3 is 2.51 bits per heavy atom. The second kappa shape index (κ2) is 9.31. The van der Waals surface area contributed by atoms with E-state index in [-0.39, 0.29) is 29.3 Å². The number of anilines is 2. The lowest BCUT2D eigenvalue weighted by Gasteiger charge is -2.39. The summed E-state index contributed by atoms with van der Waals surface area (Å²) in [5.41, 5.74) is 3.22. The average molecular weight is 589 g/mol. The number of nitrogens with zero attached hydrogens (tertiary/aromatic N) is 1. The fourth-order valence-electron chi connectivity index (χ4n) is 7.44. The number of rotatable bonds is 4. The number of benzene rings is 4. The summed E-state index contributed by atoms with van der Waals surface area (Å²) in [6, 6.07) is 25.4. The van der Waals surface area contributed by atoms with Crippen LogP contribution in [0.15, 0.2) is 97.1 Å². The van der Waals surface area contributed by atoms with Gasteiger partial charge in [-0.15, -0.1) is 0 Å². The number of fused-ring (bicyclic) bond motifs is 7. The Bertz CT molecular complexity index is 1920. The largest absolute Gasteiger partial charge is 0.454 e. The van der Waals surface area contributed by atoms with Crippen LogP contribution in [0, 0.1) is 5.92 Å². The summed E-state index contributed by atoms with van der Waals surface area (Å²) < 4.78 is 11.1. The standard InChI is InChI=1S/C35H25ClN2O5/c1-19-16-29-35(23-10-4-6-12-25(23)37-34(35)41)30(32(39)20-14-15-27-28(17-20)43-18-42-27)31(33(40)22-9-2-5-11-24(22)36)38(29)26-13-7-3-8-21(19)26/h2-17,29-31H,18H2,1H3,(H,37,41)/t29-,30+,31-,35+/m0/s1. The molecule has 1 N–H and O–H groups in total. The molecule has 212 valence electrons. The molecule has 4 atom stereocenters. The van der Waals surface area contributed by atoms with E-state index in [4.69, 9.17) is 21.1 Å². The average Bonchev–Trinajstić information content (AvgIpc) is 3.70. The van der Waals surface area contributed by atoms with Crippen LogP contribution < -0.4 is 19.7 Å². The third kappa shape index (κ3) is 3.45. The number of carbonyl (C=O) groups excluding carboxylic acids is 3. The van der Waals surface area contributed by atoms with E-state index in [2.05, 4.69) is 5.32 Å². The van der Waals surface area contributed by atoms with Gasteiger partial charge in [0.25, 0.3) is 0 Å². The van der Waals surface area contributed by atoms with Gasteiger partial charge in [-0.25, -0.2) is 0 Å². The number of ketones is 2. The van der Waals surface area contributed by atoms with Crippen LogP contribution >= 0.6 is 11.6 Å². The zero-order valence-electron chi connectivity index (χ0n) is 23.0. The van der Waals surface area contributed by atoms with E-state index in [9.17, 15) is 9.59 Å². The third-order valence-corrected chi connectivity index (χ3v) is 9.56. The highest BCUT2D eigenvalue weighted by atomic mass is 35.5. The molecule has 1 saturated heterocycles. The molecule has 0 bridgehead atoms. The van der Waals surface area contributed by atoms with E-state index in [1.54, 1.807) is 42.5 Å². The van der Waals surface area contributed by atoms with E-state index in [1.165, 1.54) is 0 Å². The van der Waals surface area contributed by atoms with Gasteiger partial charge in [0.1, 0.15) is 11.5 Å². The molecule has 1 amide bonds. The Morgan fingerprint density at radius 2 is 1.65 bits per heavy atom. The Labute approximate surface area is 252 Å². The molecule has 7 nitrogen and oxygen atoms in total. The van der Waals surface area contributed by atoms with Crippen molar-refractivity contribution in [1.29, 1.82) is 0 Å². The maximum absolute atomic E-state index is 15.0. The monoisotopic (exact) mass is 588 g/mol. The normalized spacial score (nSPS) is 24.2. The highest BCUT2D eigenvalue weighted by Crippen LogP contribution is 2.59. The van der Waals surface area contributed by atoms with Gasteiger partial charge < -0.3 is 19.7 Å². The van der Waals surface area contributed by atoms with Crippen LogP contribution in [-0.2, 0) is 10.2 Å². The predicted octanol–water partition coefficient (Wildman–Crippen LogP) is 6.31. The minimum atomic E-state index is -1.42. The maximum atomic E-state index is 15.0. The van der Waals surface area contributed by atoms with Crippen molar-refractivity contribution < 1.29 is 23.9 Å². The maximum Gasteiger partial charge on any atom is 0.238 e. The van der Waals surface area contributed by atoms with Crippen molar-refractivity contribution in [2.75, 3.05) is 17.0 Å². The highest BCUT2D eigenvalue weighted by Gasteiger charge is 2.70. The van der Waals surface area contributed by atoms with Crippen LogP contribution in [0.5, 0.6) is 11.5 Å². The van der Waals surface area contributed by atoms with Crippen molar-refractivity contribution in [2.24, 2.45) is 5.92 Å². The second-order valence-electron chi connectivity index (χ2n) is 11.3. The van der Waals surface area contributed by atoms with Gasteiger partial charge in [0, 0.05) is 28.1 Å². The van der Waals surface area contributed by atoms with E-state index in [1.807, 2.05) is 66.4 Å². The number of hydrogen-bond donors (Lipinski definition) is 1. The molecule has 0 saturated carbocycles. The van der Waals surface area contributed by atoms with Crippen molar-refractivity contribution in [3.05, 3.63) is 124 Å². The number of Topliss-reactive ketones (excluding diaryl/α,β-unsaturated/α-hetero) is 2. The molecule has 0 radical (unpaired) electrons. The van der Waals surface area contributed by atoms with Gasteiger partial charge in [-0.1, -0.05) is 66.2 Å². The van der Waals surface area contributed by atoms with E-state index < -0.39 is 23.4 Å². The molecule has 4 aromatic rings. The van der Waals surface area contributed by atoms with Gasteiger partial charge in [-0.05, 0) is 60.5 Å². The fourth-order valence-corrected chi connectivity index (χ4v) is 7.67. The molecule has 4 aromatic carbocycles. The topological polar surface area (TPSA) is 84.9 Å². The Hall–Kier alpha value is -4.88. The number of amides is 1. The van der Waals surface area contributed by atoms with Crippen molar-refractivity contribution in [3.8, 4) is 11.5 Å². The van der Waals surface area contributed by atoms with Crippen LogP contribution in [-0.4, -0.2) is 36.4 Å². The molecule has 4 aliphatic rings. The molecule has 4 heterocycles. The third-order valence-electron chi connectivity index (χ3n) is 9.23. The smallest absolute Gasteiger partial charge is 0.238 e. The summed E-state index contributed by atoms with van der Waals surface area (Å²) in [6.45, 7) is 2.06. The first kappa shape index (κ1) is 25.8. The summed E-state index contributed by atoms with van der Waals surface area (Å²) in [7, 11) is 0. The zero-order valence-corrected chi connectivity index (χ0v) is 23.8. The van der Waals surface area contributed by atoms with Crippen LogP contribution in [0.2, 0.25) is 5.02 Å². The fraction of sp³-hybridized carbons (Fsp3) is 0.171. The zero-order chi connectivity index (χ0) is 29.5. The molecule has 43 heavy (non-hydrogen) atoms. The Morgan fingerprint density at radius 1 is 0.907 bits per heavy atom. The first-order valence-electron chi connectivity index (χ1n) is 14.1. The van der Waals surface area contributed by atoms with Crippen LogP contribution in [0.25, 0.3) is 5.57 Å². The lowest BCUT2D eigenvalue weighted by Crippen LogP contribution is -2.51. The number of ether oxygens (including phenoxy) is 2. The first-order valence-corrected chi connectivity index (χ1v) is 14.5. The highest BCUT2D eigenvalue weighted by molar-refractivity contribution is 6.34. The molecule has 1 fully saturated rings. The molecule has 8 heteroatoms. The number of hydrogen-bond acceptors (Lipinski definition) is 6. The van der Waals surface area contributed by atoms with Crippen LogP contribution in [0.1, 0.15) is 38.8 Å². The van der Waals surface area contributed by atoms with Gasteiger partial charge in [0.2, 0.25) is 12.7 Å². The minimum Gasteiger partial charge on any atom is -0.454 e. The number of para-hydroxylation sites is 2. The number of halogens is 1. The summed E-state index contributed by atoms with van der Waals surface area (Å²) in [5, 5.41) is 3.35. The number of carbonyl (C=O) groups is 3. The molecule has 1 spiro atoms. The number of allylic oxidation sites excluding steroid dienone is 1. The molecule has 4 aliphatic heterocycles. The van der Waals surface area contributed by atoms with Gasteiger partial charge in [-0.2, -0.15) is 0 Å².